The van der Waals surface area contributed by atoms with E-state index in [1.165, 1.54) is 7.05 Å². The fraction of sp³-hybridized carbons (Fsp3) is 0.529. The second-order valence-corrected chi connectivity index (χ2v) is 7.71. The molecule has 4 atom stereocenters. The quantitative estimate of drug-likeness (QED) is 0.754. The number of ether oxygens (including phenoxy) is 1. The third-order valence-electron chi connectivity index (χ3n) is 6.10. The Labute approximate surface area is 156 Å². The largest absolute Gasteiger partial charge is 0.461 e. The van der Waals surface area contributed by atoms with Crippen LogP contribution in [0, 0.1) is 11.8 Å². The highest BCUT2D eigenvalue weighted by Gasteiger charge is 2.96. The Morgan fingerprint density at radius 3 is 2.64 bits per heavy atom. The van der Waals surface area contributed by atoms with E-state index in [4.69, 9.17) is 4.74 Å². The van der Waals surface area contributed by atoms with Gasteiger partial charge in [0.15, 0.2) is 0 Å². The van der Waals surface area contributed by atoms with Gasteiger partial charge in [0.05, 0.1) is 11.7 Å². The van der Waals surface area contributed by atoms with Gasteiger partial charge in [-0.15, -0.1) is 0 Å². The number of halogens is 3. The monoisotopic (exact) mass is 392 g/mol. The zero-order valence-electron chi connectivity index (χ0n) is 14.6. The normalized spacial score (nSPS) is 32.0. The van der Waals surface area contributed by atoms with E-state index in [1.54, 1.807) is 10.7 Å². The summed E-state index contributed by atoms with van der Waals surface area (Å²) in [7, 11) is 1.37. The van der Waals surface area contributed by atoms with Crippen molar-refractivity contribution in [2.24, 2.45) is 11.8 Å². The molecule has 2 aromatic heterocycles. The van der Waals surface area contributed by atoms with Gasteiger partial charge < -0.3 is 15.4 Å². The molecule has 2 saturated heterocycles. The van der Waals surface area contributed by atoms with Crippen molar-refractivity contribution < 1.29 is 22.7 Å². The summed E-state index contributed by atoms with van der Waals surface area (Å²) in [6.45, 7) is 0. The minimum atomic E-state index is -4.55. The first-order chi connectivity index (χ1) is 13.4. The van der Waals surface area contributed by atoms with Crippen LogP contribution in [0.4, 0.5) is 30.8 Å². The van der Waals surface area contributed by atoms with Crippen molar-refractivity contribution in [3.8, 4) is 0 Å². The highest BCUT2D eigenvalue weighted by Crippen LogP contribution is 2.83. The number of anilines is 3. The first-order valence-electron chi connectivity index (χ1n) is 9.06. The molecule has 3 unspecified atom stereocenters. The van der Waals surface area contributed by atoms with E-state index in [0.29, 0.717) is 11.5 Å². The summed E-state index contributed by atoms with van der Waals surface area (Å²) in [6.07, 6.45) is -1.85. The third kappa shape index (κ3) is 1.91. The average molecular weight is 392 g/mol. The molecule has 2 bridgehead atoms. The Bertz CT molecular complexity index is 1020. The lowest BCUT2D eigenvalue weighted by Gasteiger charge is -2.13. The van der Waals surface area contributed by atoms with Gasteiger partial charge in [-0.2, -0.15) is 23.3 Å². The van der Waals surface area contributed by atoms with Crippen molar-refractivity contribution in [2.75, 3.05) is 17.7 Å². The van der Waals surface area contributed by atoms with E-state index in [-0.39, 0.29) is 41.7 Å². The maximum atomic E-state index is 13.0. The number of carbonyl (C=O) groups is 1. The lowest BCUT2D eigenvalue weighted by molar-refractivity contribution is -0.139. The lowest BCUT2D eigenvalue weighted by atomic mass is 9.92. The standard InChI is InChI=1S/C17H15F3N6O2/c1-21-13-7(17(18,19)20)5-22-15(24-13)23-9-4-8(25-26(9)6-2-3-6)16-10-11(16)12(10)28-14(16)27/h4-6,10-12H,2-3H2,1H3,(H2,21,22,23,24)/t10-,11?,12?,16?/m1/s1. The Kier molecular flexibility index (Phi) is 2.74. The minimum absolute atomic E-state index is 0.0241. The number of carbonyl (C=O) groups excluding carboxylic acids is 1. The molecule has 0 amide bonds. The SMILES string of the molecule is CNc1nc(Nc2cc(C34C(=O)OC5C3[C@H]54)nn2C2CC2)ncc1C(F)(F)F. The van der Waals surface area contributed by atoms with Crippen molar-refractivity contribution in [1.29, 1.82) is 0 Å². The van der Waals surface area contributed by atoms with Crippen molar-refractivity contribution in [3.63, 3.8) is 0 Å². The molecule has 5 aliphatic rings. The van der Waals surface area contributed by atoms with Crippen molar-refractivity contribution in [1.82, 2.24) is 19.7 Å². The number of fused-ring (bicyclic) bond motifs is 1. The molecule has 2 aromatic rings. The van der Waals surface area contributed by atoms with Crippen LogP contribution in [0.15, 0.2) is 12.3 Å². The summed E-state index contributed by atoms with van der Waals surface area (Å²) >= 11 is 0. The Hall–Kier alpha value is -2.85. The summed E-state index contributed by atoms with van der Waals surface area (Å²) < 4.78 is 46.2. The van der Waals surface area contributed by atoms with Crippen LogP contribution in [0.2, 0.25) is 0 Å². The fourth-order valence-corrected chi connectivity index (χ4v) is 4.45. The maximum absolute atomic E-state index is 13.0. The summed E-state index contributed by atoms with van der Waals surface area (Å²) in [5, 5.41) is 10.1. The highest BCUT2D eigenvalue weighted by atomic mass is 19.4. The fourth-order valence-electron chi connectivity index (χ4n) is 4.45. The number of hydrogen-bond donors (Lipinski definition) is 2. The molecule has 11 heteroatoms. The van der Waals surface area contributed by atoms with Gasteiger partial charge in [0.1, 0.15) is 28.7 Å². The molecule has 0 spiro atoms. The topological polar surface area (TPSA) is 94.0 Å². The Balaban J connectivity index is 1.34. The lowest BCUT2D eigenvalue weighted by Crippen LogP contribution is -2.22. The van der Waals surface area contributed by atoms with Crippen molar-refractivity contribution >= 4 is 23.6 Å². The van der Waals surface area contributed by atoms with Gasteiger partial charge in [0.25, 0.3) is 0 Å². The van der Waals surface area contributed by atoms with Gasteiger partial charge in [-0.1, -0.05) is 0 Å². The number of hydrogen-bond acceptors (Lipinski definition) is 7. The first-order valence-corrected chi connectivity index (χ1v) is 9.06. The highest BCUT2D eigenvalue weighted by molar-refractivity contribution is 5.96. The van der Waals surface area contributed by atoms with E-state index >= 15 is 0 Å². The summed E-state index contributed by atoms with van der Waals surface area (Å²) in [6, 6.07) is 1.97. The summed E-state index contributed by atoms with van der Waals surface area (Å²) in [5.74, 6) is 0.518. The van der Waals surface area contributed by atoms with Crippen LogP contribution in [0.3, 0.4) is 0 Å². The van der Waals surface area contributed by atoms with Gasteiger partial charge in [0.2, 0.25) is 5.95 Å². The Morgan fingerprint density at radius 2 is 2.07 bits per heavy atom. The van der Waals surface area contributed by atoms with Gasteiger partial charge in [-0.25, -0.2) is 9.67 Å². The van der Waals surface area contributed by atoms with Crippen LogP contribution >= 0.6 is 0 Å². The zero-order chi connectivity index (χ0) is 19.4. The van der Waals surface area contributed by atoms with Crippen LogP contribution in [0.1, 0.15) is 30.1 Å². The predicted octanol–water partition coefficient (Wildman–Crippen LogP) is 2.23. The van der Waals surface area contributed by atoms with Crippen LogP contribution in [0.25, 0.3) is 0 Å². The van der Waals surface area contributed by atoms with Crippen molar-refractivity contribution in [2.45, 2.75) is 36.6 Å². The third-order valence-corrected chi connectivity index (χ3v) is 6.10. The molecule has 2 aliphatic heterocycles. The molecule has 0 aromatic carbocycles. The number of esters is 1. The van der Waals surface area contributed by atoms with Crippen LogP contribution in [-0.4, -0.2) is 38.9 Å². The summed E-state index contributed by atoms with van der Waals surface area (Å²) in [4.78, 5) is 20.0. The second-order valence-electron chi connectivity index (χ2n) is 7.71. The van der Waals surface area contributed by atoms with Gasteiger partial charge in [-0.3, -0.25) is 4.79 Å². The predicted molar refractivity (Wildman–Crippen MR) is 88.9 cm³/mol. The average Bonchev–Trinajstić information content (AvgIpc) is 3.58. The molecule has 3 saturated carbocycles. The summed E-state index contributed by atoms with van der Waals surface area (Å²) in [5.41, 5.74) is -0.886. The Morgan fingerprint density at radius 1 is 1.32 bits per heavy atom. The molecule has 8 nitrogen and oxygen atoms in total. The van der Waals surface area contributed by atoms with E-state index in [1.807, 2.05) is 0 Å². The van der Waals surface area contributed by atoms with E-state index in [2.05, 4.69) is 25.7 Å². The van der Waals surface area contributed by atoms with Crippen LogP contribution in [-0.2, 0) is 21.1 Å². The molecule has 7 rings (SSSR count). The van der Waals surface area contributed by atoms with Crippen LogP contribution < -0.4 is 10.6 Å². The smallest absolute Gasteiger partial charge is 0.421 e. The molecule has 0 radical (unpaired) electrons. The molecule has 2 N–H and O–H groups in total. The van der Waals surface area contributed by atoms with E-state index < -0.39 is 17.2 Å². The van der Waals surface area contributed by atoms with E-state index in [9.17, 15) is 18.0 Å². The van der Waals surface area contributed by atoms with E-state index in [0.717, 1.165) is 19.0 Å². The maximum Gasteiger partial charge on any atom is 0.421 e. The van der Waals surface area contributed by atoms with Gasteiger partial charge >= 0.3 is 12.1 Å². The van der Waals surface area contributed by atoms with Crippen LogP contribution in [0.5, 0.6) is 0 Å². The number of rotatable bonds is 5. The molecular formula is C17H15F3N6O2. The molecule has 4 heterocycles. The number of alkyl halides is 3. The molecule has 28 heavy (non-hydrogen) atoms. The minimum Gasteiger partial charge on any atom is -0.461 e. The number of nitrogens with zero attached hydrogens (tertiary/aromatic N) is 4. The molecule has 3 aliphatic carbocycles. The zero-order valence-corrected chi connectivity index (χ0v) is 14.6. The molecule has 5 fully saturated rings. The second kappa shape index (κ2) is 4.76. The molecule has 146 valence electrons. The van der Waals surface area contributed by atoms with Gasteiger partial charge in [-0.05, 0) is 12.8 Å². The first kappa shape index (κ1) is 16.1. The van der Waals surface area contributed by atoms with Crippen molar-refractivity contribution in [3.05, 3.63) is 23.5 Å². The number of nitrogens with one attached hydrogen (secondary N) is 2. The van der Waals surface area contributed by atoms with Gasteiger partial charge in [0, 0.05) is 31.1 Å². The molecular weight excluding hydrogens is 377 g/mol. The number of aromatic nitrogens is 4.